The Hall–Kier alpha value is -1.75. The van der Waals surface area contributed by atoms with Crippen LogP contribution in [-0.4, -0.2) is 44.3 Å². The summed E-state index contributed by atoms with van der Waals surface area (Å²) in [5.74, 6) is 1.85. The highest BCUT2D eigenvalue weighted by Crippen LogP contribution is 2.38. The number of fused-ring (bicyclic) bond motifs is 1. The predicted molar refractivity (Wildman–Crippen MR) is 121 cm³/mol. The van der Waals surface area contributed by atoms with Crippen molar-refractivity contribution in [3.05, 3.63) is 57.6 Å². The molecule has 29 heavy (non-hydrogen) atoms. The van der Waals surface area contributed by atoms with Crippen LogP contribution in [0.2, 0.25) is 5.02 Å². The topological polar surface area (TPSA) is 33.7 Å². The third-order valence-corrected chi connectivity index (χ3v) is 6.05. The fourth-order valence-corrected chi connectivity index (χ4v) is 4.09. The van der Waals surface area contributed by atoms with Crippen LogP contribution in [0, 0.1) is 6.92 Å². The van der Waals surface area contributed by atoms with Gasteiger partial charge in [-0.2, -0.15) is 0 Å². The van der Waals surface area contributed by atoms with Gasteiger partial charge in [0.25, 0.3) is 0 Å². The second-order valence-electron chi connectivity index (χ2n) is 7.45. The molecule has 0 bridgehead atoms. The summed E-state index contributed by atoms with van der Waals surface area (Å²) in [5, 5.41) is 4.42. The summed E-state index contributed by atoms with van der Waals surface area (Å²) < 4.78 is 12.0. The standard InChI is InChI=1S/C24H33ClN2O2/c1-5-27(6-2)12-13-29-19-8-9-20-18(15-19)10-11-26-24(20)21-16-22(25)17(4)14-23(21)28-7-3/h8-9,14-16,24,26H,5-7,10-13H2,1-4H3. The highest BCUT2D eigenvalue weighted by atomic mass is 35.5. The Morgan fingerprint density at radius 3 is 2.59 bits per heavy atom. The molecule has 0 aromatic heterocycles. The lowest BCUT2D eigenvalue weighted by Gasteiger charge is -2.29. The molecule has 158 valence electrons. The highest BCUT2D eigenvalue weighted by molar-refractivity contribution is 6.31. The molecule has 1 N–H and O–H groups in total. The van der Waals surface area contributed by atoms with Gasteiger partial charge in [-0.3, -0.25) is 0 Å². The van der Waals surface area contributed by atoms with Gasteiger partial charge in [-0.25, -0.2) is 0 Å². The lowest BCUT2D eigenvalue weighted by Crippen LogP contribution is -2.31. The molecule has 0 saturated carbocycles. The van der Waals surface area contributed by atoms with Gasteiger partial charge in [0.2, 0.25) is 0 Å². The summed E-state index contributed by atoms with van der Waals surface area (Å²) in [4.78, 5) is 2.37. The molecule has 2 aromatic rings. The van der Waals surface area contributed by atoms with Crippen LogP contribution in [0.5, 0.6) is 11.5 Å². The number of nitrogens with one attached hydrogen (secondary N) is 1. The van der Waals surface area contributed by atoms with E-state index in [0.717, 1.165) is 60.2 Å². The summed E-state index contributed by atoms with van der Waals surface area (Å²) in [5.41, 5.74) is 4.73. The molecule has 1 heterocycles. The predicted octanol–water partition coefficient (Wildman–Crippen LogP) is 5.00. The monoisotopic (exact) mass is 416 g/mol. The molecule has 0 saturated heterocycles. The quantitative estimate of drug-likeness (QED) is 0.623. The van der Waals surface area contributed by atoms with E-state index in [0.29, 0.717) is 13.2 Å². The normalized spacial score (nSPS) is 16.0. The highest BCUT2D eigenvalue weighted by Gasteiger charge is 2.25. The van der Waals surface area contributed by atoms with Gasteiger partial charge in [0.05, 0.1) is 12.6 Å². The lowest BCUT2D eigenvalue weighted by molar-refractivity contribution is 0.222. The number of halogens is 1. The van der Waals surface area contributed by atoms with Crippen LogP contribution in [0.4, 0.5) is 0 Å². The van der Waals surface area contributed by atoms with E-state index in [1.807, 2.05) is 26.0 Å². The zero-order valence-corrected chi connectivity index (χ0v) is 18.8. The number of aryl methyl sites for hydroxylation is 1. The van der Waals surface area contributed by atoms with Crippen molar-refractivity contribution >= 4 is 11.6 Å². The number of likely N-dealkylation sites (N-methyl/N-ethyl adjacent to an activating group) is 1. The maximum atomic E-state index is 6.46. The van der Waals surface area contributed by atoms with E-state index in [1.165, 1.54) is 11.1 Å². The SMILES string of the molecule is CCOc1cc(C)c(Cl)cc1C1NCCc2cc(OCCN(CC)CC)ccc21. The van der Waals surface area contributed by atoms with Crippen molar-refractivity contribution in [2.24, 2.45) is 0 Å². The van der Waals surface area contributed by atoms with E-state index < -0.39 is 0 Å². The number of hydrogen-bond donors (Lipinski definition) is 1. The molecule has 0 spiro atoms. The maximum absolute atomic E-state index is 6.46. The van der Waals surface area contributed by atoms with Crippen LogP contribution in [0.1, 0.15) is 49.1 Å². The Labute approximate surface area is 180 Å². The zero-order valence-electron chi connectivity index (χ0n) is 18.1. The number of hydrogen-bond acceptors (Lipinski definition) is 4. The Balaban J connectivity index is 1.82. The van der Waals surface area contributed by atoms with Crippen molar-refractivity contribution in [3.63, 3.8) is 0 Å². The molecule has 1 aliphatic heterocycles. The van der Waals surface area contributed by atoms with Gasteiger partial charge >= 0.3 is 0 Å². The number of nitrogens with zero attached hydrogens (tertiary/aromatic N) is 1. The second-order valence-corrected chi connectivity index (χ2v) is 7.85. The molecule has 0 amide bonds. The lowest BCUT2D eigenvalue weighted by atomic mass is 9.89. The van der Waals surface area contributed by atoms with Crippen molar-refractivity contribution in [1.82, 2.24) is 10.2 Å². The Kier molecular flexibility index (Phi) is 7.82. The smallest absolute Gasteiger partial charge is 0.124 e. The minimum atomic E-state index is 0.0723. The molecule has 1 atom stereocenters. The third kappa shape index (κ3) is 5.25. The van der Waals surface area contributed by atoms with E-state index in [9.17, 15) is 0 Å². The Bertz CT molecular complexity index is 821. The maximum Gasteiger partial charge on any atom is 0.124 e. The van der Waals surface area contributed by atoms with E-state index in [-0.39, 0.29) is 6.04 Å². The van der Waals surface area contributed by atoms with Crippen LogP contribution < -0.4 is 14.8 Å². The fraction of sp³-hybridized carbons (Fsp3) is 0.500. The van der Waals surface area contributed by atoms with Gasteiger partial charge in [0, 0.05) is 23.7 Å². The molecule has 1 aliphatic rings. The van der Waals surface area contributed by atoms with Crippen LogP contribution >= 0.6 is 11.6 Å². The molecule has 4 nitrogen and oxygen atoms in total. The number of benzene rings is 2. The fourth-order valence-electron chi connectivity index (χ4n) is 3.92. The van der Waals surface area contributed by atoms with Crippen molar-refractivity contribution in [1.29, 1.82) is 0 Å². The van der Waals surface area contributed by atoms with Gasteiger partial charge in [0.1, 0.15) is 18.1 Å². The summed E-state index contributed by atoms with van der Waals surface area (Å²) in [6.07, 6.45) is 0.989. The van der Waals surface area contributed by atoms with E-state index in [4.69, 9.17) is 21.1 Å². The van der Waals surface area contributed by atoms with Crippen LogP contribution in [0.3, 0.4) is 0 Å². The van der Waals surface area contributed by atoms with E-state index in [2.05, 4.69) is 42.3 Å². The molecule has 0 fully saturated rings. The summed E-state index contributed by atoms with van der Waals surface area (Å²) in [7, 11) is 0. The first-order chi connectivity index (χ1) is 14.1. The Morgan fingerprint density at radius 2 is 1.86 bits per heavy atom. The van der Waals surface area contributed by atoms with Gasteiger partial charge in [0.15, 0.2) is 0 Å². The first-order valence-corrected chi connectivity index (χ1v) is 11.1. The van der Waals surface area contributed by atoms with Gasteiger partial charge in [-0.15, -0.1) is 0 Å². The summed E-state index contributed by atoms with van der Waals surface area (Å²) in [6, 6.07) is 10.6. The third-order valence-electron chi connectivity index (χ3n) is 5.64. The van der Waals surface area contributed by atoms with Crippen molar-refractivity contribution in [2.45, 2.75) is 40.2 Å². The van der Waals surface area contributed by atoms with Crippen LogP contribution in [0.25, 0.3) is 0 Å². The zero-order chi connectivity index (χ0) is 20.8. The molecular weight excluding hydrogens is 384 g/mol. The van der Waals surface area contributed by atoms with Crippen LogP contribution in [-0.2, 0) is 6.42 Å². The Morgan fingerprint density at radius 1 is 1.07 bits per heavy atom. The largest absolute Gasteiger partial charge is 0.494 e. The van der Waals surface area contributed by atoms with Gasteiger partial charge < -0.3 is 19.7 Å². The molecule has 1 unspecified atom stereocenters. The van der Waals surface area contributed by atoms with Crippen molar-refractivity contribution in [3.8, 4) is 11.5 Å². The van der Waals surface area contributed by atoms with E-state index >= 15 is 0 Å². The first-order valence-electron chi connectivity index (χ1n) is 10.7. The molecule has 2 aromatic carbocycles. The van der Waals surface area contributed by atoms with Gasteiger partial charge in [-0.1, -0.05) is 31.5 Å². The minimum absolute atomic E-state index is 0.0723. The van der Waals surface area contributed by atoms with Crippen LogP contribution in [0.15, 0.2) is 30.3 Å². The van der Waals surface area contributed by atoms with Crippen molar-refractivity contribution in [2.75, 3.05) is 39.4 Å². The molecule has 0 aliphatic carbocycles. The second kappa shape index (κ2) is 10.3. The first kappa shape index (κ1) is 21.9. The molecule has 0 radical (unpaired) electrons. The molecular formula is C24H33ClN2O2. The minimum Gasteiger partial charge on any atom is -0.494 e. The van der Waals surface area contributed by atoms with Gasteiger partial charge in [-0.05, 0) is 74.3 Å². The molecule has 3 rings (SSSR count). The number of ether oxygens (including phenoxy) is 2. The van der Waals surface area contributed by atoms with Crippen molar-refractivity contribution < 1.29 is 9.47 Å². The summed E-state index contributed by atoms with van der Waals surface area (Å²) >= 11 is 6.46. The summed E-state index contributed by atoms with van der Waals surface area (Å²) in [6.45, 7) is 13.7. The number of rotatable bonds is 9. The average Bonchev–Trinajstić information content (AvgIpc) is 2.73. The average molecular weight is 417 g/mol. The van der Waals surface area contributed by atoms with E-state index in [1.54, 1.807) is 0 Å². The molecule has 5 heteroatoms.